The first-order chi connectivity index (χ1) is 9.75. The number of methoxy groups -OCH3 is 1. The number of carbonyl (C=O) groups is 1. The smallest absolute Gasteiger partial charge is 0.241 e. The van der Waals surface area contributed by atoms with Crippen LogP contribution in [-0.2, 0) is 9.53 Å². The molecule has 0 aliphatic rings. The fourth-order valence-electron chi connectivity index (χ4n) is 1.54. The minimum Gasteiger partial charge on any atom is -0.488 e. The van der Waals surface area contributed by atoms with Crippen molar-refractivity contribution in [2.24, 2.45) is 11.1 Å². The predicted molar refractivity (Wildman–Crippen MR) is 87.1 cm³/mol. The average Bonchev–Trinajstić information content (AvgIpc) is 2.39. The zero-order chi connectivity index (χ0) is 16.0. The minimum absolute atomic E-state index is 0. The van der Waals surface area contributed by atoms with Crippen LogP contribution in [0.1, 0.15) is 20.8 Å². The Kier molecular flexibility index (Phi) is 8.37. The van der Waals surface area contributed by atoms with Gasteiger partial charge >= 0.3 is 0 Å². The molecule has 3 N–H and O–H groups in total. The van der Waals surface area contributed by atoms with E-state index in [0.717, 1.165) is 0 Å². The molecule has 7 heteroatoms. The van der Waals surface area contributed by atoms with E-state index in [4.69, 9.17) is 15.2 Å². The molecule has 5 nitrogen and oxygen atoms in total. The highest BCUT2D eigenvalue weighted by Gasteiger charge is 2.27. The van der Waals surface area contributed by atoms with Crippen LogP contribution in [0, 0.1) is 11.2 Å². The molecule has 1 aromatic rings. The molecule has 1 rings (SSSR count). The van der Waals surface area contributed by atoms with Gasteiger partial charge in [0.15, 0.2) is 11.6 Å². The lowest BCUT2D eigenvalue weighted by Crippen LogP contribution is -2.45. The third-order valence-electron chi connectivity index (χ3n) is 2.96. The molecular weight excluding hydrogens is 311 g/mol. The number of anilines is 1. The third kappa shape index (κ3) is 6.17. The molecule has 0 aliphatic heterocycles. The van der Waals surface area contributed by atoms with E-state index in [0.29, 0.717) is 12.3 Å². The van der Waals surface area contributed by atoms with Crippen LogP contribution >= 0.6 is 12.4 Å². The molecule has 0 aromatic heterocycles. The van der Waals surface area contributed by atoms with E-state index in [2.05, 4.69) is 5.32 Å². The van der Waals surface area contributed by atoms with E-state index in [1.165, 1.54) is 19.2 Å². The number of nitrogens with one attached hydrogen (secondary N) is 1. The zero-order valence-corrected chi connectivity index (χ0v) is 14.1. The molecule has 0 radical (unpaired) electrons. The summed E-state index contributed by atoms with van der Waals surface area (Å²) in [5.41, 5.74) is 5.82. The van der Waals surface area contributed by atoms with Crippen LogP contribution in [-0.4, -0.2) is 32.3 Å². The standard InChI is InChI=1S/C15H23FN2O3.ClH/c1-15(2,3)13(17)14(19)18-10-5-6-12(11(16)9-10)21-8-7-20-4;/h5-6,9,13H,7-8,17H2,1-4H3,(H,18,19);1H/t13-;/m1./s1. The molecule has 0 aliphatic carbocycles. The largest absolute Gasteiger partial charge is 0.488 e. The first-order valence-electron chi connectivity index (χ1n) is 6.73. The molecule has 0 saturated heterocycles. The highest BCUT2D eigenvalue weighted by molar-refractivity contribution is 5.95. The number of rotatable bonds is 6. The molecule has 0 bridgehead atoms. The summed E-state index contributed by atoms with van der Waals surface area (Å²) in [6.45, 7) is 6.23. The summed E-state index contributed by atoms with van der Waals surface area (Å²) < 4.78 is 23.8. The Hall–Kier alpha value is -1.37. The molecule has 1 aromatic carbocycles. The monoisotopic (exact) mass is 334 g/mol. The third-order valence-corrected chi connectivity index (χ3v) is 2.96. The van der Waals surface area contributed by atoms with Crippen LogP contribution in [0.5, 0.6) is 5.75 Å². The van der Waals surface area contributed by atoms with Gasteiger partial charge in [0.25, 0.3) is 0 Å². The van der Waals surface area contributed by atoms with Gasteiger partial charge in [0.2, 0.25) is 5.91 Å². The molecule has 1 atom stereocenters. The van der Waals surface area contributed by atoms with Crippen LogP contribution in [0.4, 0.5) is 10.1 Å². The second kappa shape index (κ2) is 8.92. The number of carbonyl (C=O) groups excluding carboxylic acids is 1. The van der Waals surface area contributed by atoms with Crippen molar-refractivity contribution in [3.8, 4) is 5.75 Å². The quantitative estimate of drug-likeness (QED) is 0.784. The number of halogens is 2. The number of nitrogens with two attached hydrogens (primary N) is 1. The summed E-state index contributed by atoms with van der Waals surface area (Å²) in [5, 5.41) is 2.60. The van der Waals surface area contributed by atoms with Crippen LogP contribution < -0.4 is 15.8 Å². The van der Waals surface area contributed by atoms with Gasteiger partial charge in [0.05, 0.1) is 12.6 Å². The molecule has 126 valence electrons. The molecule has 0 spiro atoms. The average molecular weight is 335 g/mol. The fourth-order valence-corrected chi connectivity index (χ4v) is 1.54. The number of hydrogen-bond donors (Lipinski definition) is 2. The van der Waals surface area contributed by atoms with Crippen molar-refractivity contribution in [3.05, 3.63) is 24.0 Å². The second-order valence-electron chi connectivity index (χ2n) is 5.82. The SMILES string of the molecule is COCCOc1ccc(NC(=O)[C@@H](N)C(C)(C)C)cc1F.Cl. The lowest BCUT2D eigenvalue weighted by molar-refractivity contribution is -0.119. The molecule has 0 heterocycles. The number of ether oxygens (including phenoxy) is 2. The summed E-state index contributed by atoms with van der Waals surface area (Å²) in [6, 6.07) is 3.55. The topological polar surface area (TPSA) is 73.6 Å². The summed E-state index contributed by atoms with van der Waals surface area (Å²) in [6.07, 6.45) is 0. The highest BCUT2D eigenvalue weighted by atomic mass is 35.5. The predicted octanol–water partition coefficient (Wildman–Crippen LogP) is 2.58. The van der Waals surface area contributed by atoms with E-state index in [-0.39, 0.29) is 36.1 Å². The van der Waals surface area contributed by atoms with E-state index in [9.17, 15) is 9.18 Å². The Balaban J connectivity index is 0.00000441. The van der Waals surface area contributed by atoms with Gasteiger partial charge in [0, 0.05) is 18.9 Å². The van der Waals surface area contributed by atoms with Gasteiger partial charge in [-0.05, 0) is 17.5 Å². The highest BCUT2D eigenvalue weighted by Crippen LogP contribution is 2.23. The Labute approximate surface area is 136 Å². The lowest BCUT2D eigenvalue weighted by Gasteiger charge is -2.25. The number of hydrogen-bond acceptors (Lipinski definition) is 4. The number of benzene rings is 1. The normalized spacial score (nSPS) is 12.3. The van der Waals surface area contributed by atoms with Gasteiger partial charge in [-0.2, -0.15) is 0 Å². The van der Waals surface area contributed by atoms with Crippen LogP contribution in [0.2, 0.25) is 0 Å². The summed E-state index contributed by atoms with van der Waals surface area (Å²) in [5.74, 6) is -0.784. The fraction of sp³-hybridized carbons (Fsp3) is 0.533. The Morgan fingerprint density at radius 3 is 2.50 bits per heavy atom. The van der Waals surface area contributed by atoms with E-state index < -0.39 is 11.9 Å². The van der Waals surface area contributed by atoms with E-state index in [1.54, 1.807) is 6.07 Å². The Morgan fingerprint density at radius 1 is 1.36 bits per heavy atom. The van der Waals surface area contributed by atoms with Crippen molar-refractivity contribution in [1.29, 1.82) is 0 Å². The molecule has 1 amide bonds. The first-order valence-corrected chi connectivity index (χ1v) is 6.73. The van der Waals surface area contributed by atoms with Gasteiger partial charge in [0.1, 0.15) is 6.61 Å². The van der Waals surface area contributed by atoms with Crippen molar-refractivity contribution in [2.45, 2.75) is 26.8 Å². The maximum absolute atomic E-state index is 13.8. The second-order valence-corrected chi connectivity index (χ2v) is 5.82. The molecule has 0 saturated carbocycles. The van der Waals surface area contributed by atoms with Crippen LogP contribution in [0.15, 0.2) is 18.2 Å². The molecule has 0 fully saturated rings. The van der Waals surface area contributed by atoms with Gasteiger partial charge in [-0.25, -0.2) is 4.39 Å². The van der Waals surface area contributed by atoms with Crippen molar-refractivity contribution in [2.75, 3.05) is 25.6 Å². The Morgan fingerprint density at radius 2 is 2.00 bits per heavy atom. The number of amides is 1. The maximum atomic E-state index is 13.8. The molecule has 0 unspecified atom stereocenters. The van der Waals surface area contributed by atoms with Crippen molar-refractivity contribution in [3.63, 3.8) is 0 Å². The van der Waals surface area contributed by atoms with Gasteiger partial charge < -0.3 is 20.5 Å². The van der Waals surface area contributed by atoms with Gasteiger partial charge in [-0.15, -0.1) is 12.4 Å². The van der Waals surface area contributed by atoms with Crippen LogP contribution in [0.3, 0.4) is 0 Å². The summed E-state index contributed by atoms with van der Waals surface area (Å²) >= 11 is 0. The van der Waals surface area contributed by atoms with Crippen molar-refractivity contribution in [1.82, 2.24) is 0 Å². The van der Waals surface area contributed by atoms with E-state index in [1.807, 2.05) is 20.8 Å². The Bertz CT molecular complexity index is 492. The van der Waals surface area contributed by atoms with E-state index >= 15 is 0 Å². The minimum atomic E-state index is -0.682. The van der Waals surface area contributed by atoms with Gasteiger partial charge in [-0.1, -0.05) is 20.8 Å². The summed E-state index contributed by atoms with van der Waals surface area (Å²) in [4.78, 5) is 12.0. The first kappa shape index (κ1) is 20.6. The zero-order valence-electron chi connectivity index (χ0n) is 13.3. The molecule has 22 heavy (non-hydrogen) atoms. The lowest BCUT2D eigenvalue weighted by atomic mass is 9.87. The summed E-state index contributed by atoms with van der Waals surface area (Å²) in [7, 11) is 1.54. The molecular formula is C15H24ClFN2O3. The van der Waals surface area contributed by atoms with Crippen LogP contribution in [0.25, 0.3) is 0 Å². The maximum Gasteiger partial charge on any atom is 0.241 e. The van der Waals surface area contributed by atoms with Crippen molar-refractivity contribution >= 4 is 24.0 Å². The van der Waals surface area contributed by atoms with Gasteiger partial charge in [-0.3, -0.25) is 4.79 Å². The van der Waals surface area contributed by atoms with Crippen molar-refractivity contribution < 1.29 is 18.7 Å².